The van der Waals surface area contributed by atoms with Crippen LogP contribution in [0.15, 0.2) is 53.4 Å². The quantitative estimate of drug-likeness (QED) is 0.833. The summed E-state index contributed by atoms with van der Waals surface area (Å²) in [5, 5.41) is 8.79. The SMILES string of the molecule is Cc1ccccc1C#Cc1ccc(S(=O)(=O)N[C@H](C)C(=O)O)cc1. The summed E-state index contributed by atoms with van der Waals surface area (Å²) in [7, 11) is -3.87. The second-order valence-electron chi connectivity index (χ2n) is 5.27. The minimum Gasteiger partial charge on any atom is -0.480 e. The van der Waals surface area contributed by atoms with Gasteiger partial charge in [-0.15, -0.1) is 0 Å². The van der Waals surface area contributed by atoms with Gasteiger partial charge in [-0.1, -0.05) is 30.0 Å². The summed E-state index contributed by atoms with van der Waals surface area (Å²) in [6, 6.07) is 12.5. The number of hydrogen-bond donors (Lipinski definition) is 2. The van der Waals surface area contributed by atoms with Crippen LogP contribution >= 0.6 is 0 Å². The van der Waals surface area contributed by atoms with E-state index < -0.39 is 22.0 Å². The van der Waals surface area contributed by atoms with Gasteiger partial charge in [0.2, 0.25) is 10.0 Å². The van der Waals surface area contributed by atoms with Gasteiger partial charge in [-0.25, -0.2) is 8.42 Å². The summed E-state index contributed by atoms with van der Waals surface area (Å²) in [4.78, 5) is 10.8. The number of aliphatic carboxylic acids is 1. The Morgan fingerprint density at radius 1 is 1.08 bits per heavy atom. The standard InChI is InChI=1S/C18H17NO4S/c1-13-5-3-4-6-16(13)10-7-15-8-11-17(12-9-15)24(22,23)19-14(2)18(20)21/h3-6,8-9,11-12,14,19H,1-2H3,(H,20,21)/t14-/m1/s1. The fourth-order valence-electron chi connectivity index (χ4n) is 1.92. The highest BCUT2D eigenvalue weighted by Crippen LogP contribution is 2.11. The molecule has 2 aromatic rings. The molecule has 0 aliphatic heterocycles. The van der Waals surface area contributed by atoms with Gasteiger partial charge in [0, 0.05) is 11.1 Å². The van der Waals surface area contributed by atoms with Gasteiger partial charge in [0.15, 0.2) is 0 Å². The molecule has 2 aromatic carbocycles. The summed E-state index contributed by atoms with van der Waals surface area (Å²) < 4.78 is 26.2. The minimum atomic E-state index is -3.87. The van der Waals surface area contributed by atoms with Crippen LogP contribution in [0.1, 0.15) is 23.6 Å². The molecular formula is C18H17NO4S. The zero-order valence-corrected chi connectivity index (χ0v) is 14.1. The van der Waals surface area contributed by atoms with E-state index >= 15 is 0 Å². The Balaban J connectivity index is 2.20. The molecule has 1 atom stereocenters. The van der Waals surface area contributed by atoms with Crippen LogP contribution in [0, 0.1) is 18.8 Å². The zero-order valence-electron chi connectivity index (χ0n) is 13.3. The molecule has 0 amide bonds. The van der Waals surface area contributed by atoms with E-state index in [0.29, 0.717) is 5.56 Å². The van der Waals surface area contributed by atoms with Crippen molar-refractivity contribution < 1.29 is 18.3 Å². The third kappa shape index (κ3) is 4.44. The molecule has 0 unspecified atom stereocenters. The average Bonchev–Trinajstić information content (AvgIpc) is 2.54. The Kier molecular flexibility index (Phi) is 5.39. The lowest BCUT2D eigenvalue weighted by Crippen LogP contribution is -2.38. The van der Waals surface area contributed by atoms with Crippen molar-refractivity contribution in [3.05, 3.63) is 65.2 Å². The Labute approximate surface area is 141 Å². The molecule has 2 rings (SSSR count). The topological polar surface area (TPSA) is 83.5 Å². The van der Waals surface area contributed by atoms with Crippen LogP contribution < -0.4 is 4.72 Å². The Morgan fingerprint density at radius 2 is 1.71 bits per heavy atom. The smallest absolute Gasteiger partial charge is 0.321 e. The number of carboxylic acid groups (broad SMARTS) is 1. The van der Waals surface area contributed by atoms with Crippen molar-refractivity contribution in [2.75, 3.05) is 0 Å². The summed E-state index contributed by atoms with van der Waals surface area (Å²) in [6.07, 6.45) is 0. The van der Waals surface area contributed by atoms with E-state index in [4.69, 9.17) is 5.11 Å². The van der Waals surface area contributed by atoms with E-state index in [1.54, 1.807) is 12.1 Å². The van der Waals surface area contributed by atoms with Gasteiger partial charge < -0.3 is 5.11 Å². The second-order valence-corrected chi connectivity index (χ2v) is 6.98. The highest BCUT2D eigenvalue weighted by atomic mass is 32.2. The molecule has 0 aliphatic carbocycles. The molecule has 5 nitrogen and oxygen atoms in total. The summed E-state index contributed by atoms with van der Waals surface area (Å²) in [6.45, 7) is 3.23. The van der Waals surface area contributed by atoms with Crippen LogP contribution in [0.5, 0.6) is 0 Å². The van der Waals surface area contributed by atoms with Crippen molar-refractivity contribution in [3.63, 3.8) is 0 Å². The number of benzene rings is 2. The van der Waals surface area contributed by atoms with Crippen LogP contribution in [-0.4, -0.2) is 25.5 Å². The third-order valence-corrected chi connectivity index (χ3v) is 4.91. The highest BCUT2D eigenvalue weighted by molar-refractivity contribution is 7.89. The van der Waals surface area contributed by atoms with Crippen molar-refractivity contribution in [2.45, 2.75) is 24.8 Å². The molecule has 0 bridgehead atoms. The molecule has 0 saturated heterocycles. The van der Waals surface area contributed by atoms with E-state index in [-0.39, 0.29) is 4.90 Å². The summed E-state index contributed by atoms with van der Waals surface area (Å²) in [5.74, 6) is 4.79. The van der Waals surface area contributed by atoms with Crippen molar-refractivity contribution >= 4 is 16.0 Å². The summed E-state index contributed by atoms with van der Waals surface area (Å²) >= 11 is 0. The number of hydrogen-bond acceptors (Lipinski definition) is 3. The summed E-state index contributed by atoms with van der Waals surface area (Å²) in [5.41, 5.74) is 2.64. The molecule has 124 valence electrons. The second kappa shape index (κ2) is 7.30. The monoisotopic (exact) mass is 343 g/mol. The Hall–Kier alpha value is -2.62. The molecule has 0 heterocycles. The first-order valence-corrected chi connectivity index (χ1v) is 8.71. The predicted molar refractivity (Wildman–Crippen MR) is 91.0 cm³/mol. The number of rotatable bonds is 4. The lowest BCUT2D eigenvalue weighted by Gasteiger charge is -2.10. The molecule has 0 fully saturated rings. The van der Waals surface area contributed by atoms with E-state index in [1.807, 2.05) is 31.2 Å². The number of carboxylic acids is 1. The average molecular weight is 343 g/mol. The van der Waals surface area contributed by atoms with Gasteiger partial charge in [-0.3, -0.25) is 4.79 Å². The van der Waals surface area contributed by atoms with Crippen LogP contribution in [0.2, 0.25) is 0 Å². The van der Waals surface area contributed by atoms with Crippen molar-refractivity contribution in [1.82, 2.24) is 4.72 Å². The fourth-order valence-corrected chi connectivity index (χ4v) is 3.12. The first-order chi connectivity index (χ1) is 11.3. The van der Waals surface area contributed by atoms with Crippen LogP contribution in [-0.2, 0) is 14.8 Å². The molecule has 0 spiro atoms. The third-order valence-electron chi connectivity index (χ3n) is 3.35. The highest BCUT2D eigenvalue weighted by Gasteiger charge is 2.21. The fraction of sp³-hybridized carbons (Fsp3) is 0.167. The Bertz CT molecular complexity index is 906. The maximum Gasteiger partial charge on any atom is 0.321 e. The molecule has 0 aromatic heterocycles. The molecule has 0 aliphatic rings. The van der Waals surface area contributed by atoms with Gasteiger partial charge >= 0.3 is 5.97 Å². The molecule has 24 heavy (non-hydrogen) atoms. The molecule has 6 heteroatoms. The van der Waals surface area contributed by atoms with E-state index in [9.17, 15) is 13.2 Å². The van der Waals surface area contributed by atoms with Gasteiger partial charge in [0.1, 0.15) is 6.04 Å². The number of carbonyl (C=O) groups is 1. The minimum absolute atomic E-state index is 0.00274. The van der Waals surface area contributed by atoms with Crippen LogP contribution in [0.4, 0.5) is 0 Å². The van der Waals surface area contributed by atoms with Crippen molar-refractivity contribution in [2.24, 2.45) is 0 Å². The predicted octanol–water partition coefficient (Wildman–Crippen LogP) is 2.15. The molecule has 0 radical (unpaired) electrons. The first kappa shape index (κ1) is 17.7. The maximum absolute atomic E-state index is 12.1. The normalized spacial score (nSPS) is 12.1. The van der Waals surface area contributed by atoms with Crippen LogP contribution in [0.25, 0.3) is 0 Å². The van der Waals surface area contributed by atoms with Crippen molar-refractivity contribution in [3.8, 4) is 11.8 Å². The molecular weight excluding hydrogens is 326 g/mol. The largest absolute Gasteiger partial charge is 0.480 e. The zero-order chi connectivity index (χ0) is 17.7. The lowest BCUT2D eigenvalue weighted by atomic mass is 10.1. The maximum atomic E-state index is 12.1. The first-order valence-electron chi connectivity index (χ1n) is 7.22. The molecule has 0 saturated carbocycles. The van der Waals surface area contributed by atoms with E-state index in [1.165, 1.54) is 19.1 Å². The van der Waals surface area contributed by atoms with Gasteiger partial charge in [-0.05, 0) is 49.7 Å². The van der Waals surface area contributed by atoms with E-state index in [0.717, 1.165) is 11.1 Å². The van der Waals surface area contributed by atoms with Crippen LogP contribution in [0.3, 0.4) is 0 Å². The van der Waals surface area contributed by atoms with Gasteiger partial charge in [0.05, 0.1) is 4.90 Å². The number of sulfonamides is 1. The molecule has 2 N–H and O–H groups in total. The number of nitrogens with one attached hydrogen (secondary N) is 1. The van der Waals surface area contributed by atoms with E-state index in [2.05, 4.69) is 16.6 Å². The van der Waals surface area contributed by atoms with Crippen molar-refractivity contribution in [1.29, 1.82) is 0 Å². The number of aryl methyl sites for hydroxylation is 1. The van der Waals surface area contributed by atoms with Gasteiger partial charge in [0.25, 0.3) is 0 Å². The Morgan fingerprint density at radius 3 is 2.29 bits per heavy atom. The van der Waals surface area contributed by atoms with Gasteiger partial charge in [-0.2, -0.15) is 4.72 Å². The lowest BCUT2D eigenvalue weighted by molar-refractivity contribution is -0.138.